The predicted octanol–water partition coefficient (Wildman–Crippen LogP) is 2.95. The van der Waals surface area contributed by atoms with E-state index in [0.29, 0.717) is 17.4 Å². The molecule has 1 aromatic carbocycles. The zero-order valence-corrected chi connectivity index (χ0v) is 17.2. The summed E-state index contributed by atoms with van der Waals surface area (Å²) in [7, 11) is 7.49. The van der Waals surface area contributed by atoms with Crippen molar-refractivity contribution in [2.75, 3.05) is 39.2 Å². The van der Waals surface area contributed by atoms with Gasteiger partial charge in [-0.1, -0.05) is 17.4 Å². The lowest BCUT2D eigenvalue weighted by molar-refractivity contribution is 0.0980. The average Bonchev–Trinajstić information content (AvgIpc) is 3.25. The normalized spacial score (nSPS) is 11.3. The second-order valence-corrected chi connectivity index (χ2v) is 7.72. The number of rotatable bonds is 7. The quantitative estimate of drug-likeness (QED) is 0.624. The number of anilines is 1. The summed E-state index contributed by atoms with van der Waals surface area (Å²) in [6.45, 7) is 3.51. The van der Waals surface area contributed by atoms with Crippen molar-refractivity contribution in [1.82, 2.24) is 19.7 Å². The van der Waals surface area contributed by atoms with E-state index < -0.39 is 0 Å². The van der Waals surface area contributed by atoms with Gasteiger partial charge in [-0.2, -0.15) is 5.10 Å². The minimum atomic E-state index is -0.134. The molecule has 0 radical (unpaired) electrons. The molecular formula is C19H25N5O2S. The van der Waals surface area contributed by atoms with Crippen LogP contribution in [0.1, 0.15) is 22.5 Å². The van der Waals surface area contributed by atoms with Gasteiger partial charge in [0, 0.05) is 19.8 Å². The molecule has 2 heterocycles. The Morgan fingerprint density at radius 1 is 1.26 bits per heavy atom. The van der Waals surface area contributed by atoms with Crippen LogP contribution in [0.25, 0.3) is 10.2 Å². The number of fused-ring (bicyclic) bond motifs is 1. The number of thiazole rings is 1. The van der Waals surface area contributed by atoms with Crippen molar-refractivity contribution in [3.63, 3.8) is 0 Å². The van der Waals surface area contributed by atoms with Gasteiger partial charge in [-0.25, -0.2) is 4.98 Å². The van der Waals surface area contributed by atoms with Crippen LogP contribution in [0.4, 0.5) is 5.13 Å². The van der Waals surface area contributed by atoms with E-state index in [1.165, 1.54) is 11.3 Å². The van der Waals surface area contributed by atoms with Gasteiger partial charge in [-0.15, -0.1) is 0 Å². The zero-order chi connectivity index (χ0) is 19.6. The molecule has 0 fully saturated rings. The maximum atomic E-state index is 13.1. The minimum absolute atomic E-state index is 0.134. The lowest BCUT2D eigenvalue weighted by Gasteiger charge is -2.20. The zero-order valence-electron chi connectivity index (χ0n) is 16.4. The summed E-state index contributed by atoms with van der Waals surface area (Å²) in [6, 6.07) is 5.67. The van der Waals surface area contributed by atoms with E-state index in [2.05, 4.69) is 10.00 Å². The highest BCUT2D eigenvalue weighted by Gasteiger charge is 2.24. The van der Waals surface area contributed by atoms with Gasteiger partial charge < -0.3 is 9.64 Å². The molecule has 0 aliphatic carbocycles. The number of aryl methyl sites for hydroxylation is 2. The molecule has 0 aliphatic rings. The van der Waals surface area contributed by atoms with Gasteiger partial charge in [0.1, 0.15) is 11.3 Å². The van der Waals surface area contributed by atoms with E-state index >= 15 is 0 Å². The summed E-state index contributed by atoms with van der Waals surface area (Å²) in [5.74, 6) is 0.585. The number of benzene rings is 1. The Morgan fingerprint density at radius 2 is 2.04 bits per heavy atom. The third-order valence-electron chi connectivity index (χ3n) is 4.31. The van der Waals surface area contributed by atoms with Crippen molar-refractivity contribution in [2.45, 2.75) is 13.3 Å². The standard InChI is InChI=1S/C19H25N5O2S/c1-13-7-8-15(26-5)16-17(13)27-19(20-16)24(11-6-10-22(2)3)18(25)14-9-12-23(4)21-14/h7-9,12H,6,10-11H2,1-5H3. The first-order valence-corrected chi connectivity index (χ1v) is 9.62. The van der Waals surface area contributed by atoms with Crippen LogP contribution >= 0.6 is 11.3 Å². The third kappa shape index (κ3) is 4.12. The summed E-state index contributed by atoms with van der Waals surface area (Å²) in [5, 5.41) is 4.95. The van der Waals surface area contributed by atoms with Gasteiger partial charge in [0.25, 0.3) is 5.91 Å². The molecule has 0 atom stereocenters. The smallest absolute Gasteiger partial charge is 0.280 e. The highest BCUT2D eigenvalue weighted by molar-refractivity contribution is 7.22. The van der Waals surface area contributed by atoms with Crippen molar-refractivity contribution in [1.29, 1.82) is 0 Å². The van der Waals surface area contributed by atoms with E-state index in [9.17, 15) is 4.79 Å². The number of ether oxygens (including phenoxy) is 1. The molecule has 0 saturated heterocycles. The first kappa shape index (κ1) is 19.3. The maximum Gasteiger partial charge on any atom is 0.280 e. The predicted molar refractivity (Wildman–Crippen MR) is 109 cm³/mol. The van der Waals surface area contributed by atoms with Gasteiger partial charge in [0.05, 0.1) is 11.8 Å². The summed E-state index contributed by atoms with van der Waals surface area (Å²) in [6.07, 6.45) is 2.62. The number of hydrogen-bond donors (Lipinski definition) is 0. The lowest BCUT2D eigenvalue weighted by atomic mass is 10.2. The van der Waals surface area contributed by atoms with Crippen LogP contribution in [-0.4, -0.2) is 59.9 Å². The molecule has 3 aromatic rings. The summed E-state index contributed by atoms with van der Waals surface area (Å²) >= 11 is 1.52. The number of hydrogen-bond acceptors (Lipinski definition) is 6. The molecule has 144 valence electrons. The van der Waals surface area contributed by atoms with Gasteiger partial charge in [0.2, 0.25) is 0 Å². The van der Waals surface area contributed by atoms with E-state index in [4.69, 9.17) is 9.72 Å². The molecule has 0 saturated carbocycles. The van der Waals surface area contributed by atoms with Crippen molar-refractivity contribution in [3.8, 4) is 5.75 Å². The van der Waals surface area contributed by atoms with Crippen LogP contribution in [0.15, 0.2) is 24.4 Å². The average molecular weight is 388 g/mol. The highest BCUT2D eigenvalue weighted by Crippen LogP contribution is 2.36. The van der Waals surface area contributed by atoms with Crippen molar-refractivity contribution >= 4 is 32.6 Å². The van der Waals surface area contributed by atoms with Crippen molar-refractivity contribution in [2.24, 2.45) is 7.05 Å². The Labute approximate surface area is 163 Å². The fourth-order valence-corrected chi connectivity index (χ4v) is 3.95. The molecule has 0 unspecified atom stereocenters. The molecule has 27 heavy (non-hydrogen) atoms. The Bertz CT molecular complexity index is 947. The van der Waals surface area contributed by atoms with Gasteiger partial charge in [0.15, 0.2) is 10.8 Å². The number of aromatic nitrogens is 3. The molecule has 0 N–H and O–H groups in total. The summed E-state index contributed by atoms with van der Waals surface area (Å²) in [5.41, 5.74) is 2.34. The molecular weight excluding hydrogens is 362 g/mol. The third-order valence-corrected chi connectivity index (χ3v) is 5.52. The number of carbonyl (C=O) groups is 1. The lowest BCUT2D eigenvalue weighted by Crippen LogP contribution is -2.33. The first-order chi connectivity index (χ1) is 12.9. The van der Waals surface area contributed by atoms with E-state index in [-0.39, 0.29) is 5.91 Å². The van der Waals surface area contributed by atoms with Crippen LogP contribution in [-0.2, 0) is 7.05 Å². The largest absolute Gasteiger partial charge is 0.494 e. The molecule has 3 rings (SSSR count). The highest BCUT2D eigenvalue weighted by atomic mass is 32.1. The molecule has 0 spiro atoms. The van der Waals surface area contributed by atoms with Crippen LogP contribution < -0.4 is 9.64 Å². The molecule has 7 nitrogen and oxygen atoms in total. The minimum Gasteiger partial charge on any atom is -0.494 e. The molecule has 8 heteroatoms. The number of nitrogens with zero attached hydrogens (tertiary/aromatic N) is 5. The Hall–Kier alpha value is -2.45. The molecule has 0 bridgehead atoms. The molecule has 1 amide bonds. The molecule has 0 aliphatic heterocycles. The summed E-state index contributed by atoms with van der Waals surface area (Å²) < 4.78 is 8.13. The monoisotopic (exact) mass is 387 g/mol. The topological polar surface area (TPSA) is 63.5 Å². The Balaban J connectivity index is 2.00. The van der Waals surface area contributed by atoms with E-state index in [1.54, 1.807) is 36.0 Å². The fourth-order valence-electron chi connectivity index (χ4n) is 2.88. The maximum absolute atomic E-state index is 13.1. The van der Waals surface area contributed by atoms with Gasteiger partial charge >= 0.3 is 0 Å². The number of methoxy groups -OCH3 is 1. The Kier molecular flexibility index (Phi) is 5.76. The van der Waals surface area contributed by atoms with Gasteiger partial charge in [-0.05, 0) is 51.7 Å². The van der Waals surface area contributed by atoms with Crippen LogP contribution in [0.5, 0.6) is 5.75 Å². The fraction of sp³-hybridized carbons (Fsp3) is 0.421. The number of carbonyl (C=O) groups excluding carboxylic acids is 1. The number of amides is 1. The first-order valence-electron chi connectivity index (χ1n) is 8.81. The van der Waals surface area contributed by atoms with Crippen LogP contribution in [0.2, 0.25) is 0 Å². The van der Waals surface area contributed by atoms with Crippen LogP contribution in [0, 0.1) is 6.92 Å². The second-order valence-electron chi connectivity index (χ2n) is 6.75. The van der Waals surface area contributed by atoms with E-state index in [0.717, 1.165) is 34.5 Å². The Morgan fingerprint density at radius 3 is 2.67 bits per heavy atom. The van der Waals surface area contributed by atoms with Gasteiger partial charge in [-0.3, -0.25) is 14.4 Å². The van der Waals surface area contributed by atoms with Crippen molar-refractivity contribution < 1.29 is 9.53 Å². The van der Waals surface area contributed by atoms with Crippen molar-refractivity contribution in [3.05, 3.63) is 35.7 Å². The van der Waals surface area contributed by atoms with E-state index in [1.807, 2.05) is 33.2 Å². The molecule has 2 aromatic heterocycles. The van der Waals surface area contributed by atoms with Crippen LogP contribution in [0.3, 0.4) is 0 Å². The SMILES string of the molecule is COc1ccc(C)c2sc(N(CCCN(C)C)C(=O)c3ccn(C)n3)nc12. The second kappa shape index (κ2) is 8.06. The summed E-state index contributed by atoms with van der Waals surface area (Å²) in [4.78, 5) is 21.7.